The summed E-state index contributed by atoms with van der Waals surface area (Å²) in [5.74, 6) is -0.895. The van der Waals surface area contributed by atoms with Crippen molar-refractivity contribution in [1.82, 2.24) is 9.88 Å². The van der Waals surface area contributed by atoms with Crippen molar-refractivity contribution in [2.75, 3.05) is 25.4 Å². The van der Waals surface area contributed by atoms with Crippen molar-refractivity contribution >= 4 is 28.5 Å². The molecule has 0 spiro atoms. The van der Waals surface area contributed by atoms with Crippen molar-refractivity contribution in [2.24, 2.45) is 0 Å². The third-order valence-corrected chi connectivity index (χ3v) is 4.95. The van der Waals surface area contributed by atoms with Crippen LogP contribution in [0.4, 0.5) is 5.13 Å². The Bertz CT molecular complexity index is 714. The maximum atomic E-state index is 11.2. The Morgan fingerprint density at radius 1 is 1.35 bits per heavy atom. The number of hydrogen-bond donors (Lipinski definition) is 2. The van der Waals surface area contributed by atoms with Gasteiger partial charge in [-0.2, -0.15) is 0 Å². The first-order chi connectivity index (χ1) is 11.1. The summed E-state index contributed by atoms with van der Waals surface area (Å²) in [7, 11) is 0. The molecule has 0 bridgehead atoms. The molecule has 23 heavy (non-hydrogen) atoms. The fourth-order valence-electron chi connectivity index (χ4n) is 2.78. The van der Waals surface area contributed by atoms with Gasteiger partial charge in [-0.05, 0) is 18.1 Å². The van der Waals surface area contributed by atoms with E-state index < -0.39 is 5.97 Å². The van der Waals surface area contributed by atoms with Crippen LogP contribution in [0.2, 0.25) is 0 Å². The second kappa shape index (κ2) is 6.93. The third-order valence-electron chi connectivity index (χ3n) is 3.97. The Morgan fingerprint density at radius 3 is 2.96 bits per heavy atom. The molecule has 0 saturated heterocycles. The van der Waals surface area contributed by atoms with Gasteiger partial charge in [-0.3, -0.25) is 4.90 Å². The van der Waals surface area contributed by atoms with Crippen LogP contribution in [0.3, 0.4) is 0 Å². The molecule has 0 unspecified atom stereocenters. The Labute approximate surface area is 139 Å². The minimum Gasteiger partial charge on any atom is -0.478 e. The molecule has 3 rings (SSSR count). The summed E-state index contributed by atoms with van der Waals surface area (Å²) in [6.45, 7) is 2.72. The number of carboxylic acid groups (broad SMARTS) is 1. The number of fused-ring (bicyclic) bond motifs is 1. The molecule has 0 saturated carbocycles. The Balaban J connectivity index is 1.61. The van der Waals surface area contributed by atoms with Gasteiger partial charge in [-0.1, -0.05) is 30.4 Å². The van der Waals surface area contributed by atoms with E-state index in [-0.39, 0.29) is 0 Å². The van der Waals surface area contributed by atoms with E-state index >= 15 is 0 Å². The van der Waals surface area contributed by atoms with Crippen molar-refractivity contribution in [3.8, 4) is 0 Å². The van der Waals surface area contributed by atoms with Crippen LogP contribution < -0.4 is 5.73 Å². The van der Waals surface area contributed by atoms with Gasteiger partial charge in [0.15, 0.2) is 5.13 Å². The van der Waals surface area contributed by atoms with E-state index in [2.05, 4.69) is 9.88 Å². The molecule has 2 aromatic rings. The first-order valence-electron chi connectivity index (χ1n) is 7.59. The van der Waals surface area contributed by atoms with Crippen LogP contribution in [0.5, 0.6) is 0 Å². The Hall–Kier alpha value is -2.18. The zero-order valence-corrected chi connectivity index (χ0v) is 13.6. The molecule has 3 N–H and O–H groups in total. The number of aromatic nitrogens is 1. The number of rotatable bonds is 4. The van der Waals surface area contributed by atoms with E-state index in [4.69, 9.17) is 5.73 Å². The molecule has 0 radical (unpaired) electrons. The molecule has 1 aromatic heterocycles. The van der Waals surface area contributed by atoms with Crippen LogP contribution in [0.15, 0.2) is 30.3 Å². The summed E-state index contributed by atoms with van der Waals surface area (Å²) in [6.07, 6.45) is 5.82. The van der Waals surface area contributed by atoms with Gasteiger partial charge in [0, 0.05) is 30.9 Å². The normalized spacial score (nSPS) is 15.5. The van der Waals surface area contributed by atoms with Crippen LogP contribution >= 0.6 is 11.3 Å². The summed E-state index contributed by atoms with van der Waals surface area (Å²) < 4.78 is 0. The molecule has 1 aliphatic heterocycles. The predicted molar refractivity (Wildman–Crippen MR) is 92.8 cm³/mol. The minimum atomic E-state index is -0.895. The maximum absolute atomic E-state index is 11.2. The van der Waals surface area contributed by atoms with Gasteiger partial charge in [0.1, 0.15) is 0 Å². The molecule has 0 fully saturated rings. The Morgan fingerprint density at radius 2 is 2.13 bits per heavy atom. The second-order valence-corrected chi connectivity index (χ2v) is 6.63. The van der Waals surface area contributed by atoms with Crippen LogP contribution in [0, 0.1) is 0 Å². The number of thiazole rings is 1. The average molecular weight is 329 g/mol. The van der Waals surface area contributed by atoms with Gasteiger partial charge in [0.05, 0.1) is 11.3 Å². The highest BCUT2D eigenvalue weighted by molar-refractivity contribution is 7.15. The molecule has 120 valence electrons. The van der Waals surface area contributed by atoms with Gasteiger partial charge in [0.25, 0.3) is 0 Å². The third kappa shape index (κ3) is 3.78. The van der Waals surface area contributed by atoms with Gasteiger partial charge in [-0.25, -0.2) is 9.78 Å². The SMILES string of the molecule is Nc1nc2c(s1)CCN(CC=Cc1ccccc1C(=O)O)CC2. The topological polar surface area (TPSA) is 79.5 Å². The van der Waals surface area contributed by atoms with Crippen molar-refractivity contribution in [1.29, 1.82) is 0 Å². The lowest BCUT2D eigenvalue weighted by atomic mass is 10.1. The van der Waals surface area contributed by atoms with Crippen LogP contribution in [-0.2, 0) is 12.8 Å². The molecule has 5 nitrogen and oxygen atoms in total. The quantitative estimate of drug-likeness (QED) is 0.901. The fraction of sp³-hybridized carbons (Fsp3) is 0.294. The summed E-state index contributed by atoms with van der Waals surface area (Å²) in [5, 5.41) is 9.85. The highest BCUT2D eigenvalue weighted by Crippen LogP contribution is 2.24. The highest BCUT2D eigenvalue weighted by atomic mass is 32.1. The summed E-state index contributed by atoms with van der Waals surface area (Å²) >= 11 is 1.59. The zero-order chi connectivity index (χ0) is 16.2. The van der Waals surface area contributed by atoms with Gasteiger partial charge in [0.2, 0.25) is 0 Å². The zero-order valence-electron chi connectivity index (χ0n) is 12.7. The smallest absolute Gasteiger partial charge is 0.336 e. The molecule has 6 heteroatoms. The Kier molecular flexibility index (Phi) is 4.73. The number of carboxylic acids is 1. The van der Waals surface area contributed by atoms with Gasteiger partial charge in [-0.15, -0.1) is 11.3 Å². The van der Waals surface area contributed by atoms with E-state index in [0.29, 0.717) is 10.7 Å². The number of nitrogens with zero attached hydrogens (tertiary/aromatic N) is 2. The lowest BCUT2D eigenvalue weighted by molar-refractivity contribution is 0.0696. The first-order valence-corrected chi connectivity index (χ1v) is 8.40. The lowest BCUT2D eigenvalue weighted by Gasteiger charge is -2.17. The van der Waals surface area contributed by atoms with E-state index in [9.17, 15) is 9.90 Å². The lowest BCUT2D eigenvalue weighted by Crippen LogP contribution is -2.26. The number of nitrogen functional groups attached to an aromatic ring is 1. The van der Waals surface area contributed by atoms with E-state index in [1.165, 1.54) is 4.88 Å². The van der Waals surface area contributed by atoms with E-state index in [1.54, 1.807) is 23.5 Å². The van der Waals surface area contributed by atoms with Crippen LogP contribution in [0.25, 0.3) is 6.08 Å². The largest absolute Gasteiger partial charge is 0.478 e. The number of carbonyl (C=O) groups is 1. The molecule has 2 heterocycles. The second-order valence-electron chi connectivity index (χ2n) is 5.52. The van der Waals surface area contributed by atoms with Crippen molar-refractivity contribution in [3.63, 3.8) is 0 Å². The number of anilines is 1. The molecular weight excluding hydrogens is 310 g/mol. The van der Waals surface area contributed by atoms with Crippen molar-refractivity contribution in [3.05, 3.63) is 52.0 Å². The number of aromatic carboxylic acids is 1. The number of nitrogens with two attached hydrogens (primary N) is 1. The first kappa shape index (κ1) is 15.7. The fourth-order valence-corrected chi connectivity index (χ4v) is 3.65. The molecule has 0 aliphatic carbocycles. The summed E-state index contributed by atoms with van der Waals surface area (Å²) in [5.41, 5.74) is 7.97. The highest BCUT2D eigenvalue weighted by Gasteiger charge is 2.16. The molecular formula is C17H19N3O2S. The maximum Gasteiger partial charge on any atom is 0.336 e. The van der Waals surface area contributed by atoms with Crippen LogP contribution in [-0.4, -0.2) is 40.6 Å². The molecule has 1 aromatic carbocycles. The van der Waals surface area contributed by atoms with E-state index in [1.807, 2.05) is 24.3 Å². The van der Waals surface area contributed by atoms with Crippen molar-refractivity contribution in [2.45, 2.75) is 12.8 Å². The molecule has 1 aliphatic rings. The number of hydrogen-bond acceptors (Lipinski definition) is 5. The molecule has 0 amide bonds. The predicted octanol–water partition coefficient (Wildman–Crippen LogP) is 2.54. The minimum absolute atomic E-state index is 0.335. The summed E-state index contributed by atoms with van der Waals surface area (Å²) in [6, 6.07) is 7.05. The molecule has 0 atom stereocenters. The van der Waals surface area contributed by atoms with Crippen LogP contribution in [0.1, 0.15) is 26.5 Å². The standard InChI is InChI=1S/C17H19N3O2S/c18-17-19-14-7-10-20(11-8-15(14)23-17)9-3-5-12-4-1-2-6-13(12)16(21)22/h1-6H,7-11H2,(H2,18,19)(H,21,22). The van der Waals surface area contributed by atoms with Gasteiger partial charge >= 0.3 is 5.97 Å². The number of benzene rings is 1. The monoisotopic (exact) mass is 329 g/mol. The van der Waals surface area contributed by atoms with Crippen molar-refractivity contribution < 1.29 is 9.90 Å². The summed E-state index contributed by atoms with van der Waals surface area (Å²) in [4.78, 5) is 19.2. The van der Waals surface area contributed by atoms with E-state index in [0.717, 1.165) is 43.7 Å². The average Bonchev–Trinajstić information content (AvgIpc) is 2.79. The van der Waals surface area contributed by atoms with Gasteiger partial charge < -0.3 is 10.8 Å².